The van der Waals surface area contributed by atoms with Crippen LogP contribution < -0.4 is 4.18 Å². The average Bonchev–Trinajstić information content (AvgIpc) is 2.29. The van der Waals surface area contributed by atoms with Crippen LogP contribution in [0.25, 0.3) is 5.57 Å². The Labute approximate surface area is 109 Å². The van der Waals surface area contributed by atoms with Gasteiger partial charge in [0, 0.05) is 19.5 Å². The minimum Gasteiger partial charge on any atom is -0.425 e. The summed E-state index contributed by atoms with van der Waals surface area (Å²) in [5.74, 6) is 0.828. The van der Waals surface area contributed by atoms with Crippen LogP contribution in [-0.4, -0.2) is 19.5 Å². The third-order valence-corrected chi connectivity index (χ3v) is 3.02. The van der Waals surface area contributed by atoms with Crippen molar-refractivity contribution in [3.63, 3.8) is 0 Å². The number of hydrogen-bond donors (Lipinski definition) is 0. The smallest absolute Gasteiger partial charge is 0.152 e. The van der Waals surface area contributed by atoms with Gasteiger partial charge < -0.3 is 4.18 Å². The van der Waals surface area contributed by atoms with Crippen LogP contribution in [0.2, 0.25) is 0 Å². The molecule has 0 aliphatic rings. The number of aliphatic imine (C=N–C) groups is 1. The number of halogens is 1. The predicted octanol–water partition coefficient (Wildman–Crippen LogP) is 4.21. The van der Waals surface area contributed by atoms with Gasteiger partial charge in [0.05, 0.1) is 16.5 Å². The van der Waals surface area contributed by atoms with E-state index in [4.69, 9.17) is 4.18 Å². The summed E-state index contributed by atoms with van der Waals surface area (Å²) in [7, 11) is 1.77. The molecule has 0 saturated heterocycles. The third-order valence-electron chi connectivity index (χ3n) is 2.02. The Balaban J connectivity index is 3.10. The minimum atomic E-state index is 0.828. The number of allylic oxidation sites excluding steroid dienone is 2. The van der Waals surface area contributed by atoms with Gasteiger partial charge in [0.25, 0.3) is 0 Å². The zero-order valence-electron chi connectivity index (χ0n) is 9.53. The molecular formula is C12H14BrNOS. The number of hydrogen-bond acceptors (Lipinski definition) is 3. The van der Waals surface area contributed by atoms with Gasteiger partial charge in [0.15, 0.2) is 5.75 Å². The number of nitrogens with zero attached hydrogens (tertiary/aromatic N) is 1. The lowest BCUT2D eigenvalue weighted by Gasteiger charge is -2.07. The van der Waals surface area contributed by atoms with E-state index in [9.17, 15) is 0 Å². The van der Waals surface area contributed by atoms with E-state index in [1.54, 1.807) is 7.05 Å². The summed E-state index contributed by atoms with van der Waals surface area (Å²) in [4.78, 5) is 4.03. The molecular weight excluding hydrogens is 286 g/mol. The number of benzene rings is 1. The van der Waals surface area contributed by atoms with Gasteiger partial charge in [-0.1, -0.05) is 12.1 Å². The van der Waals surface area contributed by atoms with Crippen molar-refractivity contribution in [2.24, 2.45) is 4.99 Å². The van der Waals surface area contributed by atoms with Crippen molar-refractivity contribution in [3.8, 4) is 5.75 Å². The molecule has 0 aliphatic carbocycles. The molecule has 0 N–H and O–H groups in total. The van der Waals surface area contributed by atoms with E-state index in [0.29, 0.717) is 0 Å². The monoisotopic (exact) mass is 299 g/mol. The van der Waals surface area contributed by atoms with Crippen molar-refractivity contribution in [2.45, 2.75) is 6.92 Å². The molecule has 1 rings (SSSR count). The molecule has 4 heteroatoms. The van der Waals surface area contributed by atoms with Crippen LogP contribution in [-0.2, 0) is 0 Å². The predicted molar refractivity (Wildman–Crippen MR) is 76.4 cm³/mol. The lowest BCUT2D eigenvalue weighted by atomic mass is 10.1. The standard InChI is InChI=1S/C12H14BrNOS/c1-4-9(8-14-2)10-5-6-11(13)12(7-10)15-16-3/h4-8H,1-3H3/b9-4+,14-8?. The number of rotatable bonds is 4. The van der Waals surface area contributed by atoms with Crippen LogP contribution in [0.4, 0.5) is 0 Å². The summed E-state index contributed by atoms with van der Waals surface area (Å²) < 4.78 is 6.40. The Bertz CT molecular complexity index is 415. The zero-order chi connectivity index (χ0) is 12.0. The SMILES string of the molecule is C/C=C(\C=NC)c1ccc(Br)c(OSC)c1. The van der Waals surface area contributed by atoms with Gasteiger partial charge in [-0.25, -0.2) is 0 Å². The topological polar surface area (TPSA) is 21.6 Å². The zero-order valence-corrected chi connectivity index (χ0v) is 11.9. The van der Waals surface area contributed by atoms with E-state index < -0.39 is 0 Å². The third kappa shape index (κ3) is 3.39. The van der Waals surface area contributed by atoms with Gasteiger partial charge in [-0.2, -0.15) is 0 Å². The second-order valence-corrected chi connectivity index (χ2v) is 4.38. The largest absolute Gasteiger partial charge is 0.425 e. The van der Waals surface area contributed by atoms with E-state index in [-0.39, 0.29) is 0 Å². The average molecular weight is 300 g/mol. The highest BCUT2D eigenvalue weighted by molar-refractivity contribution is 9.10. The Morgan fingerprint density at radius 3 is 2.81 bits per heavy atom. The lowest BCUT2D eigenvalue weighted by molar-refractivity contribution is 0.645. The minimum absolute atomic E-state index is 0.828. The molecule has 0 aromatic heterocycles. The van der Waals surface area contributed by atoms with Gasteiger partial charge in [-0.15, -0.1) is 0 Å². The molecule has 16 heavy (non-hydrogen) atoms. The van der Waals surface area contributed by atoms with Gasteiger partial charge in [0.1, 0.15) is 0 Å². The Hall–Kier alpha value is -0.740. The first-order chi connectivity index (χ1) is 7.72. The van der Waals surface area contributed by atoms with Crippen LogP contribution in [0.3, 0.4) is 0 Å². The summed E-state index contributed by atoms with van der Waals surface area (Å²) in [5, 5.41) is 0. The van der Waals surface area contributed by atoms with Crippen LogP contribution in [0, 0.1) is 0 Å². The van der Waals surface area contributed by atoms with Gasteiger partial charge in [0.2, 0.25) is 0 Å². The quantitative estimate of drug-likeness (QED) is 0.613. The van der Waals surface area contributed by atoms with Crippen molar-refractivity contribution in [2.75, 3.05) is 13.3 Å². The van der Waals surface area contributed by atoms with Gasteiger partial charge >= 0.3 is 0 Å². The summed E-state index contributed by atoms with van der Waals surface area (Å²) in [6.07, 6.45) is 5.76. The molecule has 2 nitrogen and oxygen atoms in total. The summed E-state index contributed by atoms with van der Waals surface area (Å²) in [6.45, 7) is 1.99. The Morgan fingerprint density at radius 2 is 2.25 bits per heavy atom. The molecule has 0 heterocycles. The highest BCUT2D eigenvalue weighted by Gasteiger charge is 2.05. The summed E-state index contributed by atoms with van der Waals surface area (Å²) in [5.41, 5.74) is 2.18. The molecule has 0 fully saturated rings. The molecule has 1 aromatic carbocycles. The first-order valence-corrected chi connectivity index (χ1v) is 6.76. The van der Waals surface area contributed by atoms with E-state index in [0.717, 1.165) is 21.4 Å². The van der Waals surface area contributed by atoms with Crippen molar-refractivity contribution < 1.29 is 4.18 Å². The van der Waals surface area contributed by atoms with E-state index >= 15 is 0 Å². The molecule has 0 unspecified atom stereocenters. The summed E-state index contributed by atoms with van der Waals surface area (Å²) >= 11 is 4.78. The first kappa shape index (κ1) is 13.3. The molecule has 86 valence electrons. The normalized spacial score (nSPS) is 12.1. The van der Waals surface area contributed by atoms with E-state index in [2.05, 4.69) is 20.9 Å². The highest BCUT2D eigenvalue weighted by atomic mass is 79.9. The molecule has 0 saturated carbocycles. The van der Waals surface area contributed by atoms with Crippen molar-refractivity contribution in [3.05, 3.63) is 34.3 Å². The fourth-order valence-corrected chi connectivity index (χ4v) is 2.04. The van der Waals surface area contributed by atoms with Crippen LogP contribution in [0.5, 0.6) is 5.75 Å². The molecule has 0 radical (unpaired) electrons. The fraction of sp³-hybridized carbons (Fsp3) is 0.250. The van der Waals surface area contributed by atoms with E-state index in [1.807, 2.05) is 43.7 Å². The second-order valence-electron chi connectivity index (χ2n) is 3.03. The van der Waals surface area contributed by atoms with Crippen LogP contribution >= 0.6 is 28.0 Å². The maximum absolute atomic E-state index is 5.45. The Kier molecular flexibility index (Phi) is 5.63. The Morgan fingerprint density at radius 1 is 1.50 bits per heavy atom. The first-order valence-electron chi connectivity index (χ1n) is 4.82. The second kappa shape index (κ2) is 6.76. The molecule has 0 atom stereocenters. The molecule has 0 aliphatic heterocycles. The fourth-order valence-electron chi connectivity index (χ4n) is 1.29. The van der Waals surface area contributed by atoms with E-state index in [1.165, 1.54) is 12.0 Å². The molecule has 0 bridgehead atoms. The van der Waals surface area contributed by atoms with Crippen LogP contribution in [0.15, 0.2) is 33.7 Å². The highest BCUT2D eigenvalue weighted by Crippen LogP contribution is 2.30. The van der Waals surface area contributed by atoms with Gasteiger partial charge in [-0.3, -0.25) is 4.99 Å². The molecule has 1 aromatic rings. The van der Waals surface area contributed by atoms with Crippen molar-refractivity contribution in [1.82, 2.24) is 0 Å². The molecule has 0 amide bonds. The molecule has 0 spiro atoms. The maximum Gasteiger partial charge on any atom is 0.152 e. The summed E-state index contributed by atoms with van der Waals surface area (Å²) in [6, 6.07) is 6.01. The van der Waals surface area contributed by atoms with Crippen molar-refractivity contribution >= 4 is 39.8 Å². The van der Waals surface area contributed by atoms with Crippen LogP contribution in [0.1, 0.15) is 12.5 Å². The maximum atomic E-state index is 5.45. The van der Waals surface area contributed by atoms with Gasteiger partial charge in [-0.05, 0) is 46.1 Å². The lowest BCUT2D eigenvalue weighted by Crippen LogP contribution is -1.88. The van der Waals surface area contributed by atoms with Crippen molar-refractivity contribution in [1.29, 1.82) is 0 Å².